The van der Waals surface area contributed by atoms with Crippen molar-refractivity contribution in [3.63, 3.8) is 0 Å². The second kappa shape index (κ2) is 9.58. The Morgan fingerprint density at radius 2 is 1.62 bits per heavy atom. The van der Waals surface area contributed by atoms with Gasteiger partial charge in [-0.1, -0.05) is 18.2 Å². The van der Waals surface area contributed by atoms with E-state index in [0.29, 0.717) is 31.9 Å². The van der Waals surface area contributed by atoms with Gasteiger partial charge in [0.05, 0.1) is 12.0 Å². The molecule has 170 valence electrons. The molecule has 0 unspecified atom stereocenters. The highest BCUT2D eigenvalue weighted by molar-refractivity contribution is 5.94. The molecule has 0 bridgehead atoms. The molecule has 0 saturated carbocycles. The summed E-state index contributed by atoms with van der Waals surface area (Å²) in [4.78, 5) is 32.9. The van der Waals surface area contributed by atoms with Crippen molar-refractivity contribution < 1.29 is 14.0 Å². The van der Waals surface area contributed by atoms with Gasteiger partial charge in [-0.3, -0.25) is 14.6 Å². The fourth-order valence-electron chi connectivity index (χ4n) is 3.91. The Morgan fingerprint density at radius 3 is 2.32 bits per heavy atom. The van der Waals surface area contributed by atoms with E-state index >= 15 is 0 Å². The van der Waals surface area contributed by atoms with Gasteiger partial charge in [-0.15, -0.1) is 0 Å². The number of para-hydroxylation sites is 1. The van der Waals surface area contributed by atoms with Crippen LogP contribution in [0.5, 0.6) is 0 Å². The molecular formula is C26H23N5O3. The third-order valence-corrected chi connectivity index (χ3v) is 5.73. The summed E-state index contributed by atoms with van der Waals surface area (Å²) in [7, 11) is 0. The number of piperazine rings is 1. The van der Waals surface area contributed by atoms with Crippen LogP contribution in [0.1, 0.15) is 16.1 Å². The van der Waals surface area contributed by atoms with Crippen molar-refractivity contribution in [3.8, 4) is 16.9 Å². The van der Waals surface area contributed by atoms with Gasteiger partial charge in [0.25, 0.3) is 5.91 Å². The second-order valence-electron chi connectivity index (χ2n) is 7.88. The summed E-state index contributed by atoms with van der Waals surface area (Å²) in [6, 6.07) is 17.0. The number of aromatic nitrogens is 3. The molecule has 1 aliphatic rings. The third-order valence-electron chi connectivity index (χ3n) is 5.73. The first-order valence-electron chi connectivity index (χ1n) is 11.0. The molecular weight excluding hydrogens is 430 g/mol. The van der Waals surface area contributed by atoms with Crippen LogP contribution in [0, 0.1) is 0 Å². The lowest BCUT2D eigenvalue weighted by Crippen LogP contribution is -2.50. The van der Waals surface area contributed by atoms with Crippen molar-refractivity contribution in [2.24, 2.45) is 0 Å². The fraction of sp³-hybridized carbons (Fsp3) is 0.154. The van der Waals surface area contributed by atoms with E-state index in [-0.39, 0.29) is 11.8 Å². The van der Waals surface area contributed by atoms with Gasteiger partial charge in [-0.05, 0) is 42.5 Å². The smallest absolute Gasteiger partial charge is 0.289 e. The van der Waals surface area contributed by atoms with E-state index < -0.39 is 0 Å². The van der Waals surface area contributed by atoms with Crippen LogP contribution < -0.4 is 0 Å². The van der Waals surface area contributed by atoms with E-state index in [2.05, 4.69) is 4.98 Å². The van der Waals surface area contributed by atoms with Gasteiger partial charge in [-0.2, -0.15) is 5.10 Å². The Labute approximate surface area is 196 Å². The molecule has 0 aliphatic carbocycles. The zero-order chi connectivity index (χ0) is 23.3. The first-order chi connectivity index (χ1) is 16.7. The molecule has 3 aromatic heterocycles. The van der Waals surface area contributed by atoms with Crippen LogP contribution in [0.4, 0.5) is 0 Å². The predicted molar refractivity (Wildman–Crippen MR) is 127 cm³/mol. The van der Waals surface area contributed by atoms with Gasteiger partial charge < -0.3 is 14.2 Å². The number of benzene rings is 1. The van der Waals surface area contributed by atoms with E-state index in [1.165, 1.54) is 6.26 Å². The summed E-state index contributed by atoms with van der Waals surface area (Å²) >= 11 is 0. The zero-order valence-corrected chi connectivity index (χ0v) is 18.4. The number of rotatable bonds is 5. The molecule has 8 nitrogen and oxygen atoms in total. The lowest BCUT2D eigenvalue weighted by Gasteiger charge is -2.33. The Balaban J connectivity index is 1.31. The average Bonchev–Trinajstić information content (AvgIpc) is 3.59. The topological polar surface area (TPSA) is 84.5 Å². The Morgan fingerprint density at radius 1 is 0.882 bits per heavy atom. The van der Waals surface area contributed by atoms with Crippen molar-refractivity contribution >= 4 is 17.9 Å². The van der Waals surface area contributed by atoms with Gasteiger partial charge in [-0.25, -0.2) is 4.68 Å². The lowest BCUT2D eigenvalue weighted by atomic mass is 10.1. The van der Waals surface area contributed by atoms with Crippen molar-refractivity contribution in [2.75, 3.05) is 26.2 Å². The molecule has 8 heteroatoms. The Bertz CT molecular complexity index is 1290. The highest BCUT2D eigenvalue weighted by atomic mass is 16.3. The number of carbonyl (C=O) groups excluding carboxylic acids is 2. The van der Waals surface area contributed by atoms with Crippen LogP contribution in [0.3, 0.4) is 0 Å². The minimum absolute atomic E-state index is 0.0989. The quantitative estimate of drug-likeness (QED) is 0.432. The molecule has 1 saturated heterocycles. The van der Waals surface area contributed by atoms with Crippen LogP contribution >= 0.6 is 0 Å². The minimum Gasteiger partial charge on any atom is -0.459 e. The molecule has 0 N–H and O–H groups in total. The molecule has 1 aliphatic heterocycles. The highest BCUT2D eigenvalue weighted by Gasteiger charge is 2.25. The molecule has 34 heavy (non-hydrogen) atoms. The lowest BCUT2D eigenvalue weighted by molar-refractivity contribution is -0.127. The van der Waals surface area contributed by atoms with E-state index in [4.69, 9.17) is 9.52 Å². The molecule has 0 atom stereocenters. The van der Waals surface area contributed by atoms with Crippen molar-refractivity contribution in [2.45, 2.75) is 0 Å². The van der Waals surface area contributed by atoms with Crippen LogP contribution in [0.15, 0.2) is 89.9 Å². The summed E-state index contributed by atoms with van der Waals surface area (Å²) in [6.45, 7) is 1.87. The third kappa shape index (κ3) is 4.52. The normalized spacial score (nSPS) is 14.0. The Hall–Kier alpha value is -4.46. The standard InChI is InChI=1S/C26H23N5O3/c32-24(29-14-16-30(17-15-29)26(33)23-7-4-18-34-23)9-8-21-19-31(22-5-2-1-3-6-22)28-25(21)20-10-12-27-13-11-20/h1-13,18-19H,14-17H2/b9-8+. The van der Waals surface area contributed by atoms with Crippen LogP contribution in [-0.2, 0) is 4.79 Å². The first-order valence-corrected chi connectivity index (χ1v) is 11.0. The average molecular weight is 454 g/mol. The van der Waals surface area contributed by atoms with Crippen LogP contribution in [0.2, 0.25) is 0 Å². The second-order valence-corrected chi connectivity index (χ2v) is 7.88. The summed E-state index contributed by atoms with van der Waals surface area (Å²) in [5.41, 5.74) is 3.45. The predicted octanol–water partition coefficient (Wildman–Crippen LogP) is 3.53. The maximum atomic E-state index is 12.9. The molecule has 4 heterocycles. The molecule has 5 rings (SSSR count). The summed E-state index contributed by atoms with van der Waals surface area (Å²) in [6.07, 6.45) is 10.2. The molecule has 1 aromatic carbocycles. The van der Waals surface area contributed by atoms with Gasteiger partial charge in [0.2, 0.25) is 5.91 Å². The van der Waals surface area contributed by atoms with Crippen LogP contribution in [-0.4, -0.2) is 62.6 Å². The van der Waals surface area contributed by atoms with E-state index in [1.807, 2.05) is 48.7 Å². The number of amides is 2. The minimum atomic E-state index is -0.150. The van der Waals surface area contributed by atoms with Gasteiger partial charge in [0.15, 0.2) is 5.76 Å². The van der Waals surface area contributed by atoms with Gasteiger partial charge in [0, 0.05) is 62.0 Å². The van der Waals surface area contributed by atoms with E-state index in [1.54, 1.807) is 51.2 Å². The van der Waals surface area contributed by atoms with Crippen molar-refractivity contribution in [3.05, 3.63) is 96.9 Å². The number of furan rings is 1. The molecule has 0 radical (unpaired) electrons. The molecule has 0 spiro atoms. The largest absolute Gasteiger partial charge is 0.459 e. The van der Waals surface area contributed by atoms with Gasteiger partial charge in [0.1, 0.15) is 5.69 Å². The van der Waals surface area contributed by atoms with Crippen molar-refractivity contribution in [1.29, 1.82) is 0 Å². The highest BCUT2D eigenvalue weighted by Crippen LogP contribution is 2.24. The monoisotopic (exact) mass is 453 g/mol. The Kier molecular flexibility index (Phi) is 6.03. The van der Waals surface area contributed by atoms with Gasteiger partial charge >= 0.3 is 0 Å². The first kappa shape index (κ1) is 21.4. The van der Waals surface area contributed by atoms with E-state index in [0.717, 1.165) is 22.5 Å². The number of carbonyl (C=O) groups is 2. The maximum absolute atomic E-state index is 12.9. The number of pyridine rings is 1. The van der Waals surface area contributed by atoms with Crippen molar-refractivity contribution in [1.82, 2.24) is 24.6 Å². The van der Waals surface area contributed by atoms with Crippen LogP contribution in [0.25, 0.3) is 23.0 Å². The molecule has 2 amide bonds. The zero-order valence-electron chi connectivity index (χ0n) is 18.4. The fourth-order valence-corrected chi connectivity index (χ4v) is 3.91. The van der Waals surface area contributed by atoms with E-state index in [9.17, 15) is 9.59 Å². The molecule has 4 aromatic rings. The molecule has 1 fully saturated rings. The summed E-state index contributed by atoms with van der Waals surface area (Å²) in [5, 5.41) is 4.75. The summed E-state index contributed by atoms with van der Waals surface area (Å²) < 4.78 is 7.00. The number of hydrogen-bond donors (Lipinski definition) is 0. The number of hydrogen-bond acceptors (Lipinski definition) is 5. The number of nitrogens with zero attached hydrogens (tertiary/aromatic N) is 5. The summed E-state index contributed by atoms with van der Waals surface area (Å²) in [5.74, 6) is 0.0694. The maximum Gasteiger partial charge on any atom is 0.289 e. The SMILES string of the molecule is O=C(/C=C/c1cn(-c2ccccc2)nc1-c1ccncc1)N1CCN(C(=O)c2ccco2)CC1.